The lowest BCUT2D eigenvalue weighted by molar-refractivity contribution is -0.120. The number of nitriles is 1. The first kappa shape index (κ1) is 18.5. The van der Waals surface area contributed by atoms with E-state index in [-0.39, 0.29) is 17.6 Å². The molecule has 0 aromatic carbocycles. The zero-order chi connectivity index (χ0) is 17.7. The maximum absolute atomic E-state index is 12.2. The van der Waals surface area contributed by atoms with Gasteiger partial charge in [-0.2, -0.15) is 5.26 Å². The summed E-state index contributed by atoms with van der Waals surface area (Å²) in [6, 6.07) is 6.16. The molecule has 0 aliphatic heterocycles. The summed E-state index contributed by atoms with van der Waals surface area (Å²) >= 11 is 2.94. The highest BCUT2D eigenvalue weighted by atomic mass is 32.2. The second-order valence-corrected chi connectivity index (χ2v) is 7.72. The van der Waals surface area contributed by atoms with Crippen LogP contribution in [0.4, 0.5) is 0 Å². The number of nitrogens with zero attached hydrogens (tertiary/aromatic N) is 4. The second kappa shape index (κ2) is 7.81. The van der Waals surface area contributed by atoms with Gasteiger partial charge in [0.2, 0.25) is 5.91 Å². The number of hydrogen-bond donors (Lipinski definition) is 1. The lowest BCUT2D eigenvalue weighted by Gasteiger charge is -2.27. The molecule has 0 saturated carbocycles. The Morgan fingerprint density at radius 2 is 2.29 bits per heavy atom. The van der Waals surface area contributed by atoms with Crippen molar-refractivity contribution in [3.8, 4) is 16.8 Å². The molecule has 1 unspecified atom stereocenters. The van der Waals surface area contributed by atoms with Crippen molar-refractivity contribution in [3.05, 3.63) is 17.5 Å². The molecular formula is C16H21N5OS2. The third kappa shape index (κ3) is 3.97. The SMILES string of the molecule is CCn1c(SCC(=O)NC(C)(C#N)C(C)C)nnc1-c1cccs1. The van der Waals surface area contributed by atoms with Crippen LogP contribution in [0.25, 0.3) is 10.7 Å². The van der Waals surface area contributed by atoms with Crippen LogP contribution in [0.1, 0.15) is 27.7 Å². The van der Waals surface area contributed by atoms with E-state index < -0.39 is 5.54 Å². The summed E-state index contributed by atoms with van der Waals surface area (Å²) in [4.78, 5) is 13.2. The molecule has 2 heterocycles. The molecule has 0 fully saturated rings. The number of hydrogen-bond acceptors (Lipinski definition) is 6. The average Bonchev–Trinajstić information content (AvgIpc) is 3.21. The highest BCUT2D eigenvalue weighted by molar-refractivity contribution is 7.99. The Hall–Kier alpha value is -1.85. The Labute approximate surface area is 150 Å². The molecule has 24 heavy (non-hydrogen) atoms. The molecule has 0 radical (unpaired) electrons. The quantitative estimate of drug-likeness (QED) is 0.764. The lowest BCUT2D eigenvalue weighted by Crippen LogP contribution is -2.49. The summed E-state index contributed by atoms with van der Waals surface area (Å²) in [5.74, 6) is 0.869. The fraction of sp³-hybridized carbons (Fsp3) is 0.500. The summed E-state index contributed by atoms with van der Waals surface area (Å²) in [5, 5.41) is 23.2. The van der Waals surface area contributed by atoms with Crippen molar-refractivity contribution in [2.45, 2.75) is 44.9 Å². The predicted molar refractivity (Wildman–Crippen MR) is 96.7 cm³/mol. The Bertz CT molecular complexity index is 732. The molecule has 8 heteroatoms. The molecule has 2 aromatic heterocycles. The van der Waals surface area contributed by atoms with Gasteiger partial charge in [-0.25, -0.2) is 0 Å². The van der Waals surface area contributed by atoms with E-state index in [1.54, 1.807) is 18.3 Å². The van der Waals surface area contributed by atoms with E-state index in [0.717, 1.165) is 17.2 Å². The summed E-state index contributed by atoms with van der Waals surface area (Å²) in [6.07, 6.45) is 0. The molecule has 6 nitrogen and oxygen atoms in total. The first-order valence-electron chi connectivity index (χ1n) is 7.73. The molecule has 1 N–H and O–H groups in total. The molecule has 0 saturated heterocycles. The van der Waals surface area contributed by atoms with Gasteiger partial charge in [0, 0.05) is 6.54 Å². The zero-order valence-electron chi connectivity index (χ0n) is 14.2. The number of amides is 1. The van der Waals surface area contributed by atoms with E-state index in [0.29, 0.717) is 5.16 Å². The predicted octanol–water partition coefficient (Wildman–Crippen LogP) is 3.17. The molecule has 0 bridgehead atoms. The Morgan fingerprint density at radius 1 is 1.54 bits per heavy atom. The number of thioether (sulfide) groups is 1. The van der Waals surface area contributed by atoms with Gasteiger partial charge in [-0.15, -0.1) is 21.5 Å². The van der Waals surface area contributed by atoms with Crippen molar-refractivity contribution in [2.75, 3.05) is 5.75 Å². The van der Waals surface area contributed by atoms with E-state index in [9.17, 15) is 10.1 Å². The molecule has 2 aromatic rings. The monoisotopic (exact) mass is 363 g/mol. The maximum Gasteiger partial charge on any atom is 0.231 e. The van der Waals surface area contributed by atoms with Crippen molar-refractivity contribution in [3.63, 3.8) is 0 Å². The smallest absolute Gasteiger partial charge is 0.231 e. The van der Waals surface area contributed by atoms with E-state index in [1.807, 2.05) is 42.9 Å². The van der Waals surface area contributed by atoms with Gasteiger partial charge in [0.15, 0.2) is 11.0 Å². The largest absolute Gasteiger partial charge is 0.337 e. The van der Waals surface area contributed by atoms with E-state index in [4.69, 9.17) is 0 Å². The highest BCUT2D eigenvalue weighted by Crippen LogP contribution is 2.27. The fourth-order valence-corrected chi connectivity index (χ4v) is 3.55. The van der Waals surface area contributed by atoms with Crippen molar-refractivity contribution in [1.29, 1.82) is 5.26 Å². The minimum Gasteiger partial charge on any atom is -0.337 e. The van der Waals surface area contributed by atoms with Crippen molar-refractivity contribution < 1.29 is 4.79 Å². The van der Waals surface area contributed by atoms with Crippen LogP contribution in [0.2, 0.25) is 0 Å². The van der Waals surface area contributed by atoms with Gasteiger partial charge >= 0.3 is 0 Å². The van der Waals surface area contributed by atoms with Gasteiger partial charge in [0.1, 0.15) is 5.54 Å². The average molecular weight is 364 g/mol. The standard InChI is InChI=1S/C16H21N5OS2/c1-5-21-14(12-7-6-8-23-12)19-20-15(21)24-9-13(22)18-16(4,10-17)11(2)3/h6-8,11H,5,9H2,1-4H3,(H,18,22). The number of aromatic nitrogens is 3. The number of carbonyl (C=O) groups excluding carboxylic acids is 1. The Morgan fingerprint density at radius 3 is 2.83 bits per heavy atom. The van der Waals surface area contributed by atoms with Gasteiger partial charge < -0.3 is 9.88 Å². The van der Waals surface area contributed by atoms with Crippen LogP contribution in [0.3, 0.4) is 0 Å². The molecule has 0 spiro atoms. The number of rotatable bonds is 7. The van der Waals surface area contributed by atoms with Gasteiger partial charge in [-0.3, -0.25) is 4.79 Å². The van der Waals surface area contributed by atoms with Gasteiger partial charge in [-0.1, -0.05) is 31.7 Å². The number of carbonyl (C=O) groups is 1. The molecular weight excluding hydrogens is 342 g/mol. The summed E-state index contributed by atoms with van der Waals surface area (Å²) < 4.78 is 2.00. The first-order valence-corrected chi connectivity index (χ1v) is 9.60. The van der Waals surface area contributed by atoms with E-state index in [1.165, 1.54) is 11.8 Å². The maximum atomic E-state index is 12.2. The minimum atomic E-state index is -0.863. The molecule has 128 valence electrons. The van der Waals surface area contributed by atoms with Crippen LogP contribution in [0, 0.1) is 17.2 Å². The van der Waals surface area contributed by atoms with Crippen molar-refractivity contribution in [2.24, 2.45) is 5.92 Å². The van der Waals surface area contributed by atoms with Crippen LogP contribution in [-0.4, -0.2) is 32.0 Å². The fourth-order valence-electron chi connectivity index (χ4n) is 2.03. The topological polar surface area (TPSA) is 83.6 Å². The van der Waals surface area contributed by atoms with Gasteiger partial charge in [-0.05, 0) is 31.2 Å². The van der Waals surface area contributed by atoms with E-state index in [2.05, 4.69) is 21.6 Å². The second-order valence-electron chi connectivity index (χ2n) is 5.83. The summed E-state index contributed by atoms with van der Waals surface area (Å²) in [5.41, 5.74) is -0.863. The number of thiophene rings is 1. The molecule has 1 amide bonds. The minimum absolute atomic E-state index is 0.0289. The summed E-state index contributed by atoms with van der Waals surface area (Å²) in [7, 11) is 0. The lowest BCUT2D eigenvalue weighted by atomic mass is 9.90. The number of nitrogens with one attached hydrogen (secondary N) is 1. The Balaban J connectivity index is 2.05. The molecule has 1 atom stereocenters. The third-order valence-electron chi connectivity index (χ3n) is 3.89. The summed E-state index contributed by atoms with van der Waals surface area (Å²) in [6.45, 7) is 8.32. The van der Waals surface area contributed by atoms with Crippen molar-refractivity contribution in [1.82, 2.24) is 20.1 Å². The molecule has 0 aliphatic rings. The highest BCUT2D eigenvalue weighted by Gasteiger charge is 2.30. The zero-order valence-corrected chi connectivity index (χ0v) is 15.9. The van der Waals surface area contributed by atoms with Gasteiger partial charge in [0.05, 0.1) is 16.7 Å². The van der Waals surface area contributed by atoms with Crippen LogP contribution < -0.4 is 5.32 Å². The third-order valence-corrected chi connectivity index (χ3v) is 5.73. The van der Waals surface area contributed by atoms with Crippen LogP contribution >= 0.6 is 23.1 Å². The van der Waals surface area contributed by atoms with Crippen molar-refractivity contribution >= 4 is 29.0 Å². The van der Waals surface area contributed by atoms with Gasteiger partial charge in [0.25, 0.3) is 0 Å². The first-order chi connectivity index (χ1) is 11.4. The van der Waals surface area contributed by atoms with Crippen LogP contribution in [0.15, 0.2) is 22.7 Å². The van der Waals surface area contributed by atoms with E-state index >= 15 is 0 Å². The molecule has 0 aliphatic carbocycles. The van der Waals surface area contributed by atoms with Crippen LogP contribution in [-0.2, 0) is 11.3 Å². The Kier molecular flexibility index (Phi) is 6.02. The molecule has 2 rings (SSSR count). The van der Waals surface area contributed by atoms with Crippen LogP contribution in [0.5, 0.6) is 0 Å². The normalized spacial score (nSPS) is 13.5.